The number of halogens is 1. The standard InChI is InChI=1S/C14H22BrN3/c1-14(2,16)11-4-5-13(12(15)10-11)18-8-6-17(3)7-9-18/h4-5,10H,6-9,16H2,1-3H3. The number of hydrogen-bond donors (Lipinski definition) is 1. The molecule has 1 aromatic rings. The molecule has 1 aromatic carbocycles. The van der Waals surface area contributed by atoms with Crippen LogP contribution in [0.1, 0.15) is 19.4 Å². The van der Waals surface area contributed by atoms with Gasteiger partial charge >= 0.3 is 0 Å². The summed E-state index contributed by atoms with van der Waals surface area (Å²) in [5, 5.41) is 0. The van der Waals surface area contributed by atoms with Crippen molar-refractivity contribution in [3.63, 3.8) is 0 Å². The minimum absolute atomic E-state index is 0.289. The molecule has 0 unspecified atom stereocenters. The molecule has 0 saturated carbocycles. The predicted octanol–water partition coefficient (Wildman–Crippen LogP) is 2.39. The van der Waals surface area contributed by atoms with Gasteiger partial charge < -0.3 is 15.5 Å². The third kappa shape index (κ3) is 3.05. The Morgan fingerprint density at radius 1 is 1.17 bits per heavy atom. The van der Waals surface area contributed by atoms with Gasteiger partial charge in [-0.3, -0.25) is 0 Å². The van der Waals surface area contributed by atoms with Crippen molar-refractivity contribution in [1.29, 1.82) is 0 Å². The van der Waals surface area contributed by atoms with Crippen LogP contribution in [0.5, 0.6) is 0 Å². The number of hydrogen-bond acceptors (Lipinski definition) is 3. The quantitative estimate of drug-likeness (QED) is 0.910. The van der Waals surface area contributed by atoms with E-state index in [4.69, 9.17) is 5.73 Å². The first-order valence-electron chi connectivity index (χ1n) is 6.40. The third-order valence-electron chi connectivity index (χ3n) is 3.54. The van der Waals surface area contributed by atoms with Crippen molar-refractivity contribution < 1.29 is 0 Å². The number of rotatable bonds is 2. The van der Waals surface area contributed by atoms with Crippen LogP contribution < -0.4 is 10.6 Å². The van der Waals surface area contributed by atoms with Crippen molar-refractivity contribution in [2.45, 2.75) is 19.4 Å². The van der Waals surface area contributed by atoms with Crippen molar-refractivity contribution in [2.75, 3.05) is 38.1 Å². The number of benzene rings is 1. The second kappa shape index (κ2) is 5.19. The zero-order valence-electron chi connectivity index (χ0n) is 11.4. The predicted molar refractivity (Wildman–Crippen MR) is 81.1 cm³/mol. The molecule has 1 heterocycles. The van der Waals surface area contributed by atoms with E-state index in [0.717, 1.165) is 36.2 Å². The van der Waals surface area contributed by atoms with E-state index in [1.165, 1.54) is 5.69 Å². The van der Waals surface area contributed by atoms with Crippen molar-refractivity contribution in [1.82, 2.24) is 4.90 Å². The molecule has 0 amide bonds. The Hall–Kier alpha value is -0.580. The third-order valence-corrected chi connectivity index (χ3v) is 4.17. The fraction of sp³-hybridized carbons (Fsp3) is 0.571. The molecule has 0 bridgehead atoms. The highest BCUT2D eigenvalue weighted by molar-refractivity contribution is 9.10. The van der Waals surface area contributed by atoms with Crippen LogP contribution in [0.2, 0.25) is 0 Å². The molecule has 0 radical (unpaired) electrons. The highest BCUT2D eigenvalue weighted by atomic mass is 79.9. The molecule has 3 nitrogen and oxygen atoms in total. The van der Waals surface area contributed by atoms with Crippen molar-refractivity contribution in [2.24, 2.45) is 5.73 Å². The van der Waals surface area contributed by atoms with Crippen LogP contribution in [-0.2, 0) is 5.54 Å². The first-order chi connectivity index (χ1) is 8.38. The van der Waals surface area contributed by atoms with Gasteiger partial charge in [-0.25, -0.2) is 0 Å². The lowest BCUT2D eigenvalue weighted by molar-refractivity contribution is 0.312. The SMILES string of the molecule is CN1CCN(c2ccc(C(C)(C)N)cc2Br)CC1. The average molecular weight is 312 g/mol. The van der Waals surface area contributed by atoms with Crippen LogP contribution in [0, 0.1) is 0 Å². The first kappa shape index (κ1) is 13.8. The van der Waals surface area contributed by atoms with E-state index in [1.54, 1.807) is 0 Å². The van der Waals surface area contributed by atoms with Gasteiger partial charge in [0.2, 0.25) is 0 Å². The normalized spacial score (nSPS) is 18.2. The maximum atomic E-state index is 6.13. The highest BCUT2D eigenvalue weighted by Crippen LogP contribution is 2.31. The van der Waals surface area contributed by atoms with Crippen molar-refractivity contribution in [3.8, 4) is 0 Å². The first-order valence-corrected chi connectivity index (χ1v) is 7.19. The zero-order valence-corrected chi connectivity index (χ0v) is 13.0. The summed E-state index contributed by atoms with van der Waals surface area (Å²) in [6.07, 6.45) is 0. The summed E-state index contributed by atoms with van der Waals surface area (Å²) in [6.45, 7) is 8.47. The lowest BCUT2D eigenvalue weighted by Gasteiger charge is -2.35. The molecule has 100 valence electrons. The Balaban J connectivity index is 2.20. The van der Waals surface area contributed by atoms with Crippen LogP contribution >= 0.6 is 15.9 Å². The number of nitrogens with two attached hydrogens (primary N) is 1. The summed E-state index contributed by atoms with van der Waals surface area (Å²) < 4.78 is 1.14. The minimum atomic E-state index is -0.289. The molecule has 4 heteroatoms. The number of likely N-dealkylation sites (N-methyl/N-ethyl adjacent to an activating group) is 1. The van der Waals surface area contributed by atoms with Crippen molar-refractivity contribution in [3.05, 3.63) is 28.2 Å². The summed E-state index contributed by atoms with van der Waals surface area (Å²) >= 11 is 3.68. The summed E-state index contributed by atoms with van der Waals surface area (Å²) in [6, 6.07) is 6.46. The molecule has 18 heavy (non-hydrogen) atoms. The van der Waals surface area contributed by atoms with Gasteiger partial charge in [0.25, 0.3) is 0 Å². The lowest BCUT2D eigenvalue weighted by Crippen LogP contribution is -2.44. The molecular formula is C14H22BrN3. The number of anilines is 1. The molecule has 2 N–H and O–H groups in total. The maximum Gasteiger partial charge on any atom is 0.0511 e. The van der Waals surface area contributed by atoms with Gasteiger partial charge in [0.1, 0.15) is 0 Å². The Bertz CT molecular complexity index is 418. The summed E-state index contributed by atoms with van der Waals surface area (Å²) in [4.78, 5) is 4.79. The fourth-order valence-electron chi connectivity index (χ4n) is 2.21. The molecular weight excluding hydrogens is 290 g/mol. The van der Waals surface area contributed by atoms with E-state index in [0.29, 0.717) is 0 Å². The Morgan fingerprint density at radius 3 is 2.28 bits per heavy atom. The number of piperazine rings is 1. The minimum Gasteiger partial charge on any atom is -0.368 e. The van der Waals surface area contributed by atoms with E-state index in [9.17, 15) is 0 Å². The van der Waals surface area contributed by atoms with Gasteiger partial charge in [-0.05, 0) is 54.5 Å². The molecule has 1 aliphatic rings. The Labute approximate surface area is 118 Å². The fourth-order valence-corrected chi connectivity index (χ4v) is 2.84. The van der Waals surface area contributed by atoms with E-state index in [2.05, 4.69) is 51.0 Å². The molecule has 0 atom stereocenters. The molecule has 1 fully saturated rings. The van der Waals surface area contributed by atoms with E-state index < -0.39 is 0 Å². The van der Waals surface area contributed by atoms with Crippen molar-refractivity contribution >= 4 is 21.6 Å². The van der Waals surface area contributed by atoms with Gasteiger partial charge in [-0.1, -0.05) is 6.07 Å². The largest absolute Gasteiger partial charge is 0.368 e. The molecule has 2 rings (SSSR count). The van der Waals surface area contributed by atoms with Crippen LogP contribution in [0.3, 0.4) is 0 Å². The van der Waals surface area contributed by atoms with Gasteiger partial charge in [0, 0.05) is 36.2 Å². The van der Waals surface area contributed by atoms with Gasteiger partial charge in [-0.15, -0.1) is 0 Å². The smallest absolute Gasteiger partial charge is 0.0511 e. The highest BCUT2D eigenvalue weighted by Gasteiger charge is 2.19. The van der Waals surface area contributed by atoms with Gasteiger partial charge in [0.05, 0.1) is 5.69 Å². The Morgan fingerprint density at radius 2 is 1.78 bits per heavy atom. The van der Waals surface area contributed by atoms with E-state index >= 15 is 0 Å². The zero-order chi connectivity index (χ0) is 13.3. The van der Waals surface area contributed by atoms with Crippen LogP contribution in [0.25, 0.3) is 0 Å². The second-order valence-electron chi connectivity index (χ2n) is 5.68. The topological polar surface area (TPSA) is 32.5 Å². The Kier molecular flexibility index (Phi) is 3.99. The van der Waals surface area contributed by atoms with Crippen LogP contribution in [0.15, 0.2) is 22.7 Å². The average Bonchev–Trinajstić information content (AvgIpc) is 2.29. The van der Waals surface area contributed by atoms with Crippen LogP contribution in [-0.4, -0.2) is 38.1 Å². The molecule has 0 aromatic heterocycles. The molecule has 0 spiro atoms. The molecule has 0 aliphatic carbocycles. The maximum absolute atomic E-state index is 6.13. The van der Waals surface area contributed by atoms with E-state index in [-0.39, 0.29) is 5.54 Å². The summed E-state index contributed by atoms with van der Waals surface area (Å²) in [5.74, 6) is 0. The monoisotopic (exact) mass is 311 g/mol. The second-order valence-corrected chi connectivity index (χ2v) is 6.53. The summed E-state index contributed by atoms with van der Waals surface area (Å²) in [5.41, 5.74) is 8.28. The van der Waals surface area contributed by atoms with Gasteiger partial charge in [-0.2, -0.15) is 0 Å². The van der Waals surface area contributed by atoms with Crippen LogP contribution in [0.4, 0.5) is 5.69 Å². The summed E-state index contributed by atoms with van der Waals surface area (Å²) in [7, 11) is 2.17. The lowest BCUT2D eigenvalue weighted by atomic mass is 9.95. The van der Waals surface area contributed by atoms with Gasteiger partial charge in [0.15, 0.2) is 0 Å². The number of nitrogens with zero attached hydrogens (tertiary/aromatic N) is 2. The van der Waals surface area contributed by atoms with E-state index in [1.807, 2.05) is 13.8 Å². The molecule has 1 aliphatic heterocycles. The molecule has 1 saturated heterocycles.